The van der Waals surface area contributed by atoms with Gasteiger partial charge in [-0.25, -0.2) is 4.98 Å². The third kappa shape index (κ3) is 3.69. The lowest BCUT2D eigenvalue weighted by Gasteiger charge is -2.32. The number of hydrogen-bond donors (Lipinski definition) is 1. The molecule has 2 aromatic carbocycles. The van der Waals surface area contributed by atoms with Crippen LogP contribution in [0.4, 0.5) is 5.82 Å². The maximum Gasteiger partial charge on any atom is 0.223 e. The van der Waals surface area contributed by atoms with Crippen molar-refractivity contribution in [3.8, 4) is 5.75 Å². The van der Waals surface area contributed by atoms with Crippen molar-refractivity contribution in [1.82, 2.24) is 14.7 Å². The highest BCUT2D eigenvalue weighted by Gasteiger charge is 2.27. The Hall–Kier alpha value is -3.54. The van der Waals surface area contributed by atoms with Gasteiger partial charge in [0.25, 0.3) is 0 Å². The van der Waals surface area contributed by atoms with Crippen molar-refractivity contribution < 1.29 is 9.53 Å². The number of methoxy groups -OCH3 is 1. The van der Waals surface area contributed by atoms with Crippen molar-refractivity contribution in [2.24, 2.45) is 5.92 Å². The van der Waals surface area contributed by atoms with Gasteiger partial charge in [0.2, 0.25) is 5.91 Å². The highest BCUT2D eigenvalue weighted by molar-refractivity contribution is 5.85. The Morgan fingerprint density at radius 2 is 1.77 bits per heavy atom. The number of rotatable bonds is 5. The minimum Gasteiger partial charge on any atom is -0.496 e. The van der Waals surface area contributed by atoms with Gasteiger partial charge in [-0.15, -0.1) is 0 Å². The monoisotopic (exact) mass is 414 g/mol. The first-order chi connectivity index (χ1) is 15.2. The van der Waals surface area contributed by atoms with Crippen molar-refractivity contribution in [1.29, 1.82) is 0 Å². The van der Waals surface area contributed by atoms with Crippen LogP contribution in [0.2, 0.25) is 0 Å². The van der Waals surface area contributed by atoms with Crippen molar-refractivity contribution in [3.05, 3.63) is 72.4 Å². The Morgan fingerprint density at radius 3 is 2.61 bits per heavy atom. The second-order valence-corrected chi connectivity index (χ2v) is 7.98. The molecule has 2 aromatic heterocycles. The highest BCUT2D eigenvalue weighted by Crippen LogP contribution is 2.29. The number of benzene rings is 2. The molecule has 1 amide bonds. The Balaban J connectivity index is 1.27. The second-order valence-electron chi connectivity index (χ2n) is 7.98. The van der Waals surface area contributed by atoms with Gasteiger partial charge in [-0.2, -0.15) is 0 Å². The van der Waals surface area contributed by atoms with Crippen LogP contribution in [0.15, 0.2) is 66.9 Å². The lowest BCUT2D eigenvalue weighted by Crippen LogP contribution is -2.40. The molecule has 0 aliphatic carbocycles. The van der Waals surface area contributed by atoms with Gasteiger partial charge in [0.1, 0.15) is 5.75 Å². The van der Waals surface area contributed by atoms with E-state index in [4.69, 9.17) is 9.72 Å². The first-order valence-corrected chi connectivity index (χ1v) is 10.7. The second kappa shape index (κ2) is 8.30. The molecule has 6 heteroatoms. The van der Waals surface area contributed by atoms with E-state index in [9.17, 15) is 4.79 Å². The van der Waals surface area contributed by atoms with Crippen molar-refractivity contribution in [3.63, 3.8) is 0 Å². The lowest BCUT2D eigenvalue weighted by molar-refractivity contribution is -0.125. The van der Waals surface area contributed by atoms with Crippen LogP contribution in [-0.4, -0.2) is 35.5 Å². The van der Waals surface area contributed by atoms with Crippen LogP contribution >= 0.6 is 0 Å². The quantitative estimate of drug-likeness (QED) is 0.536. The van der Waals surface area contributed by atoms with Crippen LogP contribution in [0.5, 0.6) is 5.75 Å². The molecule has 0 spiro atoms. The van der Waals surface area contributed by atoms with Gasteiger partial charge in [-0.1, -0.05) is 30.3 Å². The number of fused-ring (bicyclic) bond motifs is 3. The minimum atomic E-state index is 0.0224. The zero-order chi connectivity index (χ0) is 21.2. The zero-order valence-electron chi connectivity index (χ0n) is 17.6. The number of nitrogens with zero attached hydrogens (tertiary/aromatic N) is 3. The standard InChI is InChI=1S/C25H26N4O2/c1-31-23-11-5-2-7-19(23)17-26-25(30)18-12-15-28(16-13-18)24-22-10-6-14-29(22)21-9-4-3-8-20(21)27-24/h2-11,14,18H,12-13,15-17H2,1H3,(H,26,30). The first kappa shape index (κ1) is 19.4. The summed E-state index contributed by atoms with van der Waals surface area (Å²) in [7, 11) is 1.65. The summed E-state index contributed by atoms with van der Waals surface area (Å²) in [6.45, 7) is 2.12. The number of carbonyl (C=O) groups excluding carboxylic acids is 1. The summed E-state index contributed by atoms with van der Waals surface area (Å²) >= 11 is 0. The van der Waals surface area contributed by atoms with E-state index in [1.807, 2.05) is 36.4 Å². The Morgan fingerprint density at radius 1 is 1.03 bits per heavy atom. The number of piperidine rings is 1. The summed E-state index contributed by atoms with van der Waals surface area (Å²) in [5, 5.41) is 3.09. The van der Waals surface area contributed by atoms with Crippen LogP contribution in [0.25, 0.3) is 16.6 Å². The molecule has 1 N–H and O–H groups in total. The van der Waals surface area contributed by atoms with Gasteiger partial charge >= 0.3 is 0 Å². The topological polar surface area (TPSA) is 58.9 Å². The number of hydrogen-bond acceptors (Lipinski definition) is 4. The van der Waals surface area contributed by atoms with Crippen molar-refractivity contribution in [2.45, 2.75) is 19.4 Å². The number of carbonyl (C=O) groups is 1. The summed E-state index contributed by atoms with van der Waals surface area (Å²) in [6.07, 6.45) is 3.72. The van der Waals surface area contributed by atoms with Crippen LogP contribution < -0.4 is 15.0 Å². The number of nitrogens with one attached hydrogen (secondary N) is 1. The Kier molecular flexibility index (Phi) is 5.20. The van der Waals surface area contributed by atoms with Crippen LogP contribution in [0.1, 0.15) is 18.4 Å². The molecule has 0 unspecified atom stereocenters. The SMILES string of the molecule is COc1ccccc1CNC(=O)C1CCN(c2nc3ccccc3n3cccc23)CC1. The molecule has 3 heterocycles. The van der Waals surface area contributed by atoms with E-state index in [1.165, 1.54) is 0 Å². The summed E-state index contributed by atoms with van der Waals surface area (Å²) in [4.78, 5) is 20.0. The average Bonchev–Trinajstić information content (AvgIpc) is 3.33. The fraction of sp³-hybridized carbons (Fsp3) is 0.280. The molecule has 4 aromatic rings. The maximum absolute atomic E-state index is 12.8. The third-order valence-electron chi connectivity index (χ3n) is 6.16. The van der Waals surface area contributed by atoms with Crippen LogP contribution in [-0.2, 0) is 11.3 Å². The predicted octanol–water partition coefficient (Wildman–Crippen LogP) is 4.03. The lowest BCUT2D eigenvalue weighted by atomic mass is 9.95. The molecule has 1 fully saturated rings. The molecule has 31 heavy (non-hydrogen) atoms. The molecule has 5 rings (SSSR count). The largest absolute Gasteiger partial charge is 0.496 e. The zero-order valence-corrected chi connectivity index (χ0v) is 17.6. The summed E-state index contributed by atoms with van der Waals surface area (Å²) in [5.74, 6) is 1.94. The molecule has 6 nitrogen and oxygen atoms in total. The number of anilines is 1. The summed E-state index contributed by atoms with van der Waals surface area (Å²) in [6, 6.07) is 20.2. The minimum absolute atomic E-state index is 0.0224. The van der Waals surface area contributed by atoms with Gasteiger partial charge in [0, 0.05) is 37.3 Å². The molecule has 0 atom stereocenters. The van der Waals surface area contributed by atoms with Crippen LogP contribution in [0, 0.1) is 5.92 Å². The van der Waals surface area contributed by atoms with Gasteiger partial charge in [0.15, 0.2) is 5.82 Å². The van der Waals surface area contributed by atoms with E-state index in [0.29, 0.717) is 6.54 Å². The summed E-state index contributed by atoms with van der Waals surface area (Å²) in [5.41, 5.74) is 4.19. The number of ether oxygens (including phenoxy) is 1. The Labute approximate surface area is 181 Å². The fourth-order valence-corrected chi connectivity index (χ4v) is 4.47. The number of aromatic nitrogens is 2. The average molecular weight is 415 g/mol. The fourth-order valence-electron chi connectivity index (χ4n) is 4.47. The predicted molar refractivity (Wildman–Crippen MR) is 122 cm³/mol. The van der Waals surface area contributed by atoms with E-state index in [1.54, 1.807) is 7.11 Å². The van der Waals surface area contributed by atoms with Gasteiger partial charge in [-0.3, -0.25) is 4.79 Å². The molecule has 0 radical (unpaired) electrons. The highest BCUT2D eigenvalue weighted by atomic mass is 16.5. The normalized spacial score (nSPS) is 14.8. The number of amides is 1. The molecule has 1 saturated heterocycles. The van der Waals surface area contributed by atoms with E-state index >= 15 is 0 Å². The molecular weight excluding hydrogens is 388 g/mol. The van der Waals surface area contributed by atoms with E-state index in [0.717, 1.165) is 59.6 Å². The third-order valence-corrected chi connectivity index (χ3v) is 6.16. The van der Waals surface area contributed by atoms with Gasteiger partial charge < -0.3 is 19.4 Å². The Bertz CT molecular complexity index is 1220. The van der Waals surface area contributed by atoms with Gasteiger partial charge in [0.05, 0.1) is 23.7 Å². The van der Waals surface area contributed by atoms with Crippen molar-refractivity contribution in [2.75, 3.05) is 25.1 Å². The molecule has 0 bridgehead atoms. The number of para-hydroxylation sites is 3. The smallest absolute Gasteiger partial charge is 0.223 e. The van der Waals surface area contributed by atoms with Crippen molar-refractivity contribution >= 4 is 28.3 Å². The molecular formula is C25H26N4O2. The maximum atomic E-state index is 12.8. The molecule has 1 aliphatic rings. The summed E-state index contributed by atoms with van der Waals surface area (Å²) < 4.78 is 7.58. The molecule has 158 valence electrons. The molecule has 1 aliphatic heterocycles. The van der Waals surface area contributed by atoms with E-state index in [2.05, 4.69) is 45.1 Å². The van der Waals surface area contributed by atoms with Crippen LogP contribution in [0.3, 0.4) is 0 Å². The van der Waals surface area contributed by atoms with E-state index in [-0.39, 0.29) is 11.8 Å². The van der Waals surface area contributed by atoms with E-state index < -0.39 is 0 Å². The molecule has 0 saturated carbocycles. The first-order valence-electron chi connectivity index (χ1n) is 10.7. The van der Waals surface area contributed by atoms with Gasteiger partial charge in [-0.05, 0) is 43.2 Å².